The van der Waals surface area contributed by atoms with Gasteiger partial charge in [0, 0.05) is 37.9 Å². The van der Waals surface area contributed by atoms with Crippen molar-refractivity contribution in [1.82, 2.24) is 14.5 Å². The van der Waals surface area contributed by atoms with Gasteiger partial charge in [-0.1, -0.05) is 6.92 Å². The number of esters is 1. The molecule has 0 spiro atoms. The van der Waals surface area contributed by atoms with Gasteiger partial charge in [-0.2, -0.15) is 0 Å². The summed E-state index contributed by atoms with van der Waals surface area (Å²) in [5.74, 6) is 0.106. The zero-order chi connectivity index (χ0) is 20.5. The van der Waals surface area contributed by atoms with Crippen LogP contribution in [0, 0.1) is 17.3 Å². The van der Waals surface area contributed by atoms with Crippen molar-refractivity contribution in [2.24, 2.45) is 17.3 Å². The minimum absolute atomic E-state index is 0.0150. The number of ether oxygens (including phenoxy) is 1. The highest BCUT2D eigenvalue weighted by molar-refractivity contribution is 7.89. The number of fused-ring (bicyclic) bond motifs is 1. The molecule has 2 unspecified atom stereocenters. The molecule has 0 radical (unpaired) electrons. The third-order valence-corrected chi connectivity index (χ3v) is 8.31. The van der Waals surface area contributed by atoms with Crippen LogP contribution in [-0.4, -0.2) is 49.0 Å². The van der Waals surface area contributed by atoms with E-state index < -0.39 is 15.4 Å². The van der Waals surface area contributed by atoms with Crippen molar-refractivity contribution < 1.29 is 17.9 Å². The molecule has 3 aliphatic heterocycles. The Balaban J connectivity index is 1.90. The average molecular weight is 410 g/mol. The molecule has 3 heterocycles. The molecule has 8 heteroatoms. The molecular formula is C20H31N3O4S. The third-order valence-electron chi connectivity index (χ3n) is 6.43. The van der Waals surface area contributed by atoms with Crippen LogP contribution in [0.3, 0.4) is 0 Å². The summed E-state index contributed by atoms with van der Waals surface area (Å²) in [6.07, 6.45) is 9.08. The van der Waals surface area contributed by atoms with Crippen LogP contribution in [0.25, 0.3) is 0 Å². The Hall–Kier alpha value is -1.80. The predicted octanol–water partition coefficient (Wildman–Crippen LogP) is 2.37. The maximum Gasteiger partial charge on any atom is 0.322 e. The summed E-state index contributed by atoms with van der Waals surface area (Å²) in [7, 11) is -3.17. The summed E-state index contributed by atoms with van der Waals surface area (Å²) >= 11 is 0. The molecule has 0 aromatic carbocycles. The van der Waals surface area contributed by atoms with Crippen molar-refractivity contribution in [3.8, 4) is 0 Å². The maximum absolute atomic E-state index is 13.3. The van der Waals surface area contributed by atoms with Crippen LogP contribution in [0.15, 0.2) is 36.1 Å². The van der Waals surface area contributed by atoms with Crippen LogP contribution in [0.2, 0.25) is 0 Å². The van der Waals surface area contributed by atoms with Crippen molar-refractivity contribution in [3.05, 3.63) is 36.1 Å². The van der Waals surface area contributed by atoms with Gasteiger partial charge in [0.05, 0.1) is 18.1 Å². The molecule has 0 aliphatic carbocycles. The summed E-state index contributed by atoms with van der Waals surface area (Å²) in [6, 6.07) is 0. The second-order valence-electron chi connectivity index (χ2n) is 7.69. The number of sulfonamides is 1. The Morgan fingerprint density at radius 1 is 1.36 bits per heavy atom. The van der Waals surface area contributed by atoms with E-state index in [1.807, 2.05) is 43.5 Å². The molecule has 28 heavy (non-hydrogen) atoms. The van der Waals surface area contributed by atoms with E-state index in [0.717, 1.165) is 24.1 Å². The van der Waals surface area contributed by atoms with E-state index >= 15 is 0 Å². The molecule has 3 rings (SSSR count). The lowest BCUT2D eigenvalue weighted by atomic mass is 9.63. The van der Waals surface area contributed by atoms with Gasteiger partial charge in [0.2, 0.25) is 10.0 Å². The number of carbonyl (C=O) groups is 1. The van der Waals surface area contributed by atoms with Crippen molar-refractivity contribution in [1.29, 1.82) is 0 Å². The SMILES string of the molecule is CCOC(=O)C1(C(C)C2CCN(S(=O)(=O)CC)CC2)C(C)=CN2C=CNC=C21. The Morgan fingerprint density at radius 3 is 2.64 bits per heavy atom. The van der Waals surface area contributed by atoms with Crippen LogP contribution < -0.4 is 5.32 Å². The minimum Gasteiger partial charge on any atom is -0.465 e. The highest BCUT2D eigenvalue weighted by atomic mass is 32.2. The highest BCUT2D eigenvalue weighted by Gasteiger charge is 2.56. The van der Waals surface area contributed by atoms with E-state index in [4.69, 9.17) is 4.74 Å². The number of carbonyl (C=O) groups excluding carboxylic acids is 1. The van der Waals surface area contributed by atoms with E-state index in [0.29, 0.717) is 19.7 Å². The van der Waals surface area contributed by atoms with Gasteiger partial charge in [-0.05, 0) is 51.0 Å². The lowest BCUT2D eigenvalue weighted by molar-refractivity contribution is -0.155. The summed E-state index contributed by atoms with van der Waals surface area (Å²) in [6.45, 7) is 8.93. The van der Waals surface area contributed by atoms with E-state index in [1.54, 1.807) is 11.2 Å². The Bertz CT molecular complexity index is 809. The molecule has 1 saturated heterocycles. The smallest absolute Gasteiger partial charge is 0.322 e. The summed E-state index contributed by atoms with van der Waals surface area (Å²) < 4.78 is 31.5. The van der Waals surface area contributed by atoms with Gasteiger partial charge in [0.15, 0.2) is 0 Å². The standard InChI is InChI=1S/C20H31N3O4S/c1-5-27-19(24)20(15(3)14-22-12-9-21-13-18(20)22)16(4)17-7-10-23(11-8-17)28(25,26)6-2/h9,12-14,16-17,21H,5-8,10-11H2,1-4H3. The first-order valence-corrected chi connectivity index (χ1v) is 11.7. The lowest BCUT2D eigenvalue weighted by Crippen LogP contribution is -2.48. The lowest BCUT2D eigenvalue weighted by Gasteiger charge is -2.43. The Morgan fingerprint density at radius 2 is 2.04 bits per heavy atom. The number of rotatable bonds is 6. The Kier molecular flexibility index (Phi) is 5.91. The zero-order valence-electron chi connectivity index (χ0n) is 17.1. The molecule has 3 aliphatic rings. The van der Waals surface area contributed by atoms with Gasteiger partial charge in [-0.15, -0.1) is 0 Å². The summed E-state index contributed by atoms with van der Waals surface area (Å²) in [4.78, 5) is 15.3. The van der Waals surface area contributed by atoms with Crippen molar-refractivity contribution in [3.63, 3.8) is 0 Å². The van der Waals surface area contributed by atoms with E-state index in [9.17, 15) is 13.2 Å². The second kappa shape index (κ2) is 7.91. The molecule has 0 bridgehead atoms. The predicted molar refractivity (Wildman–Crippen MR) is 108 cm³/mol. The van der Waals surface area contributed by atoms with Crippen molar-refractivity contribution in [2.45, 2.75) is 40.5 Å². The number of hydrogen-bond donors (Lipinski definition) is 1. The van der Waals surface area contributed by atoms with Gasteiger partial charge in [-0.25, -0.2) is 12.7 Å². The molecule has 1 fully saturated rings. The van der Waals surface area contributed by atoms with E-state index in [2.05, 4.69) is 12.2 Å². The average Bonchev–Trinajstić information content (AvgIpc) is 3.00. The minimum atomic E-state index is -3.17. The van der Waals surface area contributed by atoms with E-state index in [-0.39, 0.29) is 23.6 Å². The maximum atomic E-state index is 13.3. The summed E-state index contributed by atoms with van der Waals surface area (Å²) in [5.41, 5.74) is 0.980. The van der Waals surface area contributed by atoms with Crippen LogP contribution in [0.1, 0.15) is 40.5 Å². The van der Waals surface area contributed by atoms with Gasteiger partial charge < -0.3 is 15.0 Å². The largest absolute Gasteiger partial charge is 0.465 e. The second-order valence-corrected chi connectivity index (χ2v) is 9.94. The van der Waals surface area contributed by atoms with Crippen molar-refractivity contribution >= 4 is 16.0 Å². The van der Waals surface area contributed by atoms with Gasteiger partial charge in [0.25, 0.3) is 0 Å². The monoisotopic (exact) mass is 409 g/mol. The molecule has 1 N–H and O–H groups in total. The van der Waals surface area contributed by atoms with Crippen LogP contribution in [0.5, 0.6) is 0 Å². The van der Waals surface area contributed by atoms with E-state index in [1.165, 1.54) is 0 Å². The summed E-state index contributed by atoms with van der Waals surface area (Å²) in [5, 5.41) is 3.11. The van der Waals surface area contributed by atoms with Crippen LogP contribution in [0.4, 0.5) is 0 Å². The molecule has 2 atom stereocenters. The fourth-order valence-corrected chi connectivity index (χ4v) is 5.96. The van der Waals surface area contributed by atoms with Crippen LogP contribution >= 0.6 is 0 Å². The number of hydrogen-bond acceptors (Lipinski definition) is 6. The first kappa shape index (κ1) is 20.9. The van der Waals surface area contributed by atoms with Gasteiger partial charge >= 0.3 is 5.97 Å². The number of nitrogens with zero attached hydrogens (tertiary/aromatic N) is 2. The van der Waals surface area contributed by atoms with Crippen LogP contribution in [-0.2, 0) is 19.6 Å². The van der Waals surface area contributed by atoms with Gasteiger partial charge in [0.1, 0.15) is 5.41 Å². The molecule has 0 aromatic rings. The fourth-order valence-electron chi connectivity index (χ4n) is 4.83. The third kappa shape index (κ3) is 3.26. The first-order chi connectivity index (χ1) is 13.3. The highest BCUT2D eigenvalue weighted by Crippen LogP contribution is 2.54. The molecule has 0 amide bonds. The van der Waals surface area contributed by atoms with Gasteiger partial charge in [-0.3, -0.25) is 4.79 Å². The fraction of sp³-hybridized carbons (Fsp3) is 0.650. The topological polar surface area (TPSA) is 79.0 Å². The number of piperidine rings is 1. The van der Waals surface area contributed by atoms with Crippen molar-refractivity contribution in [2.75, 3.05) is 25.4 Å². The molecule has 0 saturated carbocycles. The quantitative estimate of drug-likeness (QED) is 0.679. The zero-order valence-corrected chi connectivity index (χ0v) is 18.0. The molecule has 156 valence electrons. The normalized spacial score (nSPS) is 26.9. The molecular weight excluding hydrogens is 378 g/mol. The molecule has 7 nitrogen and oxygen atoms in total. The number of nitrogens with one attached hydrogen (secondary N) is 1. The molecule has 0 aromatic heterocycles. The first-order valence-electron chi connectivity index (χ1n) is 10.0. The Labute approximate surface area is 168 Å².